The molecule has 23 heavy (non-hydrogen) atoms. The second-order valence-electron chi connectivity index (χ2n) is 5.00. The van der Waals surface area contributed by atoms with Crippen LogP contribution in [0.3, 0.4) is 0 Å². The first-order valence-electron chi connectivity index (χ1n) is 7.38. The molecule has 0 bridgehead atoms. The largest absolute Gasteiger partial charge is 0.288 e. The molecule has 0 aliphatic heterocycles. The van der Waals surface area contributed by atoms with Gasteiger partial charge in [0, 0.05) is 11.4 Å². The lowest BCUT2D eigenvalue weighted by molar-refractivity contribution is 0.105. The molecule has 110 valence electrons. The smallest absolute Gasteiger partial charge is 0.202 e. The second-order valence-corrected chi connectivity index (χ2v) is 5.00. The average Bonchev–Trinajstić information content (AvgIpc) is 2.64. The van der Waals surface area contributed by atoms with E-state index in [1.165, 1.54) is 0 Å². The molecule has 0 amide bonds. The topological polar surface area (TPSA) is 29.4 Å². The van der Waals surface area contributed by atoms with E-state index < -0.39 is 0 Å². The maximum Gasteiger partial charge on any atom is 0.202 e. The van der Waals surface area contributed by atoms with Gasteiger partial charge >= 0.3 is 0 Å². The third kappa shape index (κ3) is 3.70. The number of carbonyl (C=O) groups is 1. The van der Waals surface area contributed by atoms with Crippen molar-refractivity contribution >= 4 is 22.9 Å². The number of benzene rings is 3. The number of aliphatic imine (C=N–C) groups is 1. The van der Waals surface area contributed by atoms with E-state index in [1.807, 2.05) is 78.9 Å². The van der Waals surface area contributed by atoms with Gasteiger partial charge in [-0.3, -0.25) is 4.79 Å². The van der Waals surface area contributed by atoms with Gasteiger partial charge in [0.2, 0.25) is 5.78 Å². The van der Waals surface area contributed by atoms with Crippen LogP contribution in [0.15, 0.2) is 96.0 Å². The molecule has 0 aromatic heterocycles. The highest BCUT2D eigenvalue weighted by atomic mass is 16.1. The summed E-state index contributed by atoms with van der Waals surface area (Å²) in [6.07, 6.45) is 0. The maximum atomic E-state index is 12.8. The quantitative estimate of drug-likeness (QED) is 0.380. The Morgan fingerprint density at radius 3 is 1.70 bits per heavy atom. The van der Waals surface area contributed by atoms with E-state index in [4.69, 9.17) is 0 Å². The summed E-state index contributed by atoms with van der Waals surface area (Å²) in [6.45, 7) is 0. The summed E-state index contributed by atoms with van der Waals surface area (Å²) in [5.41, 5.74) is 2.66. The molecule has 0 aliphatic carbocycles. The van der Waals surface area contributed by atoms with Gasteiger partial charge in [-0.2, -0.15) is 0 Å². The van der Waals surface area contributed by atoms with E-state index in [2.05, 4.69) is 10.9 Å². The van der Waals surface area contributed by atoms with Gasteiger partial charge in [-0.05, 0) is 17.7 Å². The molecular weight excluding hydrogens is 282 g/mol. The Kier molecular flexibility index (Phi) is 4.58. The summed E-state index contributed by atoms with van der Waals surface area (Å²) < 4.78 is 0. The summed E-state index contributed by atoms with van der Waals surface area (Å²) in [4.78, 5) is 17.1. The molecule has 0 atom stereocenters. The molecule has 2 nitrogen and oxygen atoms in total. The summed E-state index contributed by atoms with van der Waals surface area (Å²) >= 11 is 0. The Bertz CT molecular complexity index is 846. The Morgan fingerprint density at radius 2 is 1.13 bits per heavy atom. The van der Waals surface area contributed by atoms with E-state index in [9.17, 15) is 4.79 Å². The Labute approximate surface area is 135 Å². The molecule has 2 heteroatoms. The lowest BCUT2D eigenvalue weighted by Crippen LogP contribution is -2.03. The van der Waals surface area contributed by atoms with E-state index in [0.29, 0.717) is 11.1 Å². The first-order chi connectivity index (χ1) is 11.3. The minimum absolute atomic E-state index is 0.0866. The number of hydrogen-bond donors (Lipinski definition) is 0. The number of Topliss-reactive ketones (excluding diaryl/α,β-unsaturated/α-hetero) is 1. The number of hydrogen-bond acceptors (Lipinski definition) is 2. The van der Waals surface area contributed by atoms with Gasteiger partial charge in [0.05, 0.1) is 11.3 Å². The molecule has 0 saturated heterocycles. The van der Waals surface area contributed by atoms with Crippen LogP contribution in [-0.4, -0.2) is 11.7 Å². The van der Waals surface area contributed by atoms with Crippen molar-refractivity contribution in [2.75, 3.05) is 0 Å². The average molecular weight is 297 g/mol. The first kappa shape index (κ1) is 14.7. The van der Waals surface area contributed by atoms with Crippen molar-refractivity contribution in [3.05, 3.63) is 102 Å². The number of para-hydroxylation sites is 1. The summed E-state index contributed by atoms with van der Waals surface area (Å²) in [5, 5.41) is 0. The number of rotatable bonds is 4. The number of ketones is 1. The monoisotopic (exact) mass is 297 g/mol. The predicted molar refractivity (Wildman–Crippen MR) is 94.2 cm³/mol. The van der Waals surface area contributed by atoms with Crippen LogP contribution in [0.5, 0.6) is 0 Å². The van der Waals surface area contributed by atoms with Crippen LogP contribution >= 0.6 is 0 Å². The van der Waals surface area contributed by atoms with Gasteiger partial charge in [-0.15, -0.1) is 0 Å². The Hall–Kier alpha value is -3.22. The molecule has 3 aromatic carbocycles. The molecule has 0 unspecified atom stereocenters. The van der Waals surface area contributed by atoms with Gasteiger partial charge in [0.25, 0.3) is 0 Å². The van der Waals surface area contributed by atoms with Gasteiger partial charge in [-0.1, -0.05) is 78.9 Å². The van der Waals surface area contributed by atoms with Crippen LogP contribution in [0, 0.1) is 0 Å². The minimum Gasteiger partial charge on any atom is -0.288 e. The highest BCUT2D eigenvalue weighted by molar-refractivity contribution is 6.35. The zero-order valence-corrected chi connectivity index (χ0v) is 12.5. The van der Waals surface area contributed by atoms with Crippen molar-refractivity contribution in [3.8, 4) is 0 Å². The van der Waals surface area contributed by atoms with Crippen molar-refractivity contribution in [1.29, 1.82) is 0 Å². The van der Waals surface area contributed by atoms with Gasteiger partial charge in [-0.25, -0.2) is 4.99 Å². The van der Waals surface area contributed by atoms with Crippen molar-refractivity contribution < 1.29 is 4.79 Å². The van der Waals surface area contributed by atoms with Crippen molar-refractivity contribution in [2.45, 2.75) is 0 Å². The number of allylic oxidation sites excluding steroid dienone is 1. The van der Waals surface area contributed by atoms with Gasteiger partial charge in [0.1, 0.15) is 0 Å². The fraction of sp³-hybridized carbons (Fsp3) is 0. The van der Waals surface area contributed by atoms with Crippen LogP contribution in [0.2, 0.25) is 0 Å². The molecule has 0 N–H and O–H groups in total. The number of nitrogens with zero attached hydrogens (tertiary/aromatic N) is 1. The fourth-order valence-electron chi connectivity index (χ4n) is 2.21. The lowest BCUT2D eigenvalue weighted by Gasteiger charge is -2.04. The van der Waals surface area contributed by atoms with E-state index in [-0.39, 0.29) is 5.78 Å². The molecule has 0 spiro atoms. The molecular formula is C21H15NO. The van der Waals surface area contributed by atoms with Gasteiger partial charge in [0.15, 0.2) is 0 Å². The Balaban J connectivity index is 2.08. The third-order valence-electron chi connectivity index (χ3n) is 3.38. The zero-order valence-electron chi connectivity index (χ0n) is 12.5. The van der Waals surface area contributed by atoms with Crippen molar-refractivity contribution in [2.24, 2.45) is 4.99 Å². The molecule has 0 saturated carbocycles. The normalized spacial score (nSPS) is 9.74. The Morgan fingerprint density at radius 1 is 0.652 bits per heavy atom. The maximum absolute atomic E-state index is 12.8. The van der Waals surface area contributed by atoms with Crippen LogP contribution < -0.4 is 0 Å². The van der Waals surface area contributed by atoms with Crippen molar-refractivity contribution in [3.63, 3.8) is 0 Å². The molecule has 0 aliphatic rings. The van der Waals surface area contributed by atoms with E-state index in [1.54, 1.807) is 12.1 Å². The van der Waals surface area contributed by atoms with Crippen LogP contribution in [0.1, 0.15) is 15.9 Å². The molecule has 3 aromatic rings. The summed E-state index contributed by atoms with van der Waals surface area (Å²) in [5.74, 6) is 2.86. The minimum atomic E-state index is -0.0866. The van der Waals surface area contributed by atoms with E-state index >= 15 is 0 Å². The molecule has 0 fully saturated rings. The highest BCUT2D eigenvalue weighted by Gasteiger charge is 2.14. The second kappa shape index (κ2) is 7.17. The summed E-state index contributed by atoms with van der Waals surface area (Å²) in [6, 6.07) is 28.2. The highest BCUT2D eigenvalue weighted by Crippen LogP contribution is 2.18. The molecule has 3 rings (SSSR count). The first-order valence-corrected chi connectivity index (χ1v) is 7.38. The molecule has 0 heterocycles. The standard InChI is InChI=1S/C21H15NO/c23-21(18-12-6-2-7-13-18)20(17-10-4-1-5-11-17)16-22-19-14-8-3-9-15-19/h1-15H. The summed E-state index contributed by atoms with van der Waals surface area (Å²) in [7, 11) is 0. The predicted octanol–water partition coefficient (Wildman–Crippen LogP) is 4.95. The third-order valence-corrected chi connectivity index (χ3v) is 3.38. The van der Waals surface area contributed by atoms with Crippen LogP contribution in [0.25, 0.3) is 5.57 Å². The van der Waals surface area contributed by atoms with Crippen LogP contribution in [0.4, 0.5) is 5.69 Å². The lowest BCUT2D eigenvalue weighted by atomic mass is 9.98. The fourth-order valence-corrected chi connectivity index (χ4v) is 2.21. The van der Waals surface area contributed by atoms with Gasteiger partial charge < -0.3 is 0 Å². The molecule has 0 radical (unpaired) electrons. The van der Waals surface area contributed by atoms with Crippen molar-refractivity contribution in [1.82, 2.24) is 0 Å². The number of carbonyl (C=O) groups excluding carboxylic acids is 1. The SMILES string of the molecule is O=C(C(=C=Nc1ccccc1)c1ccccc1)c1ccccc1. The van der Waals surface area contributed by atoms with E-state index in [0.717, 1.165) is 11.3 Å². The van der Waals surface area contributed by atoms with Crippen LogP contribution in [-0.2, 0) is 0 Å². The zero-order chi connectivity index (χ0) is 15.9.